The predicted octanol–water partition coefficient (Wildman–Crippen LogP) is 0.803. The van der Waals surface area contributed by atoms with Crippen LogP contribution >= 0.6 is 0 Å². The van der Waals surface area contributed by atoms with Crippen LogP contribution in [-0.2, 0) is 44.7 Å². The van der Waals surface area contributed by atoms with Gasteiger partial charge in [-0.15, -0.1) is 0 Å². The number of carbonyl (C=O) groups is 3. The Labute approximate surface area is 217 Å². The van der Waals surface area contributed by atoms with Gasteiger partial charge in [0.15, 0.2) is 17.8 Å². The Hall–Kier alpha value is -2.60. The Balaban J connectivity index is 1.50. The number of hydrogen-bond acceptors (Lipinski definition) is 10. The molecule has 0 radical (unpaired) electrons. The van der Waals surface area contributed by atoms with Crippen LogP contribution in [0.25, 0.3) is 0 Å². The first-order valence-electron chi connectivity index (χ1n) is 12.8. The van der Waals surface area contributed by atoms with Gasteiger partial charge in [-0.25, -0.2) is 14.0 Å². The number of aliphatic hydroxyl groups is 2. The van der Waals surface area contributed by atoms with Crippen molar-refractivity contribution in [2.24, 2.45) is 28.1 Å². The molecule has 1 aromatic rings. The number of carbonyl (C=O) groups excluding carboxylic acids is 3. The van der Waals surface area contributed by atoms with Gasteiger partial charge < -0.3 is 33.9 Å². The minimum Gasteiger partial charge on any atom is -0.456 e. The molecule has 2 spiro atoms. The third kappa shape index (κ3) is 2.13. The fraction of sp³-hybridized carbons (Fsp3) is 0.667. The molecule has 2 N–H and O–H groups in total. The largest absolute Gasteiger partial charge is 0.456 e. The molecule has 4 heterocycles. The third-order valence-corrected chi connectivity index (χ3v) is 10.1. The molecule has 2 aliphatic carbocycles. The second kappa shape index (κ2) is 6.93. The summed E-state index contributed by atoms with van der Waals surface area (Å²) >= 11 is 0. The fourth-order valence-electron chi connectivity index (χ4n) is 9.12. The van der Waals surface area contributed by atoms with Gasteiger partial charge in [-0.1, -0.05) is 51.1 Å². The maximum Gasteiger partial charge on any atom is 0.343 e. The Kier molecular flexibility index (Phi) is 4.46. The molecular weight excluding hydrogens is 503 g/mol. The fourth-order valence-corrected chi connectivity index (χ4v) is 9.12. The Bertz CT molecular complexity index is 1260. The molecule has 6 fully saturated rings. The molecule has 1 aromatic carbocycles. The lowest BCUT2D eigenvalue weighted by Gasteiger charge is -2.48. The molecule has 1 unspecified atom stereocenters. The van der Waals surface area contributed by atoms with E-state index in [1.165, 1.54) is 6.92 Å². The molecule has 4 aliphatic heterocycles. The van der Waals surface area contributed by atoms with Crippen molar-refractivity contribution in [1.82, 2.24) is 0 Å². The minimum atomic E-state index is -2.44. The second-order valence-electron chi connectivity index (χ2n) is 12.5. The first kappa shape index (κ1) is 24.4. The summed E-state index contributed by atoms with van der Waals surface area (Å²) in [6.07, 6.45) is -9.98. The highest BCUT2D eigenvalue weighted by Crippen LogP contribution is 2.85. The summed E-state index contributed by atoms with van der Waals surface area (Å²) in [5.41, 5.74) is -8.86. The van der Waals surface area contributed by atoms with E-state index in [0.717, 1.165) is 5.56 Å². The molecule has 204 valence electrons. The van der Waals surface area contributed by atoms with E-state index in [2.05, 4.69) is 0 Å². The van der Waals surface area contributed by atoms with Crippen molar-refractivity contribution in [2.75, 3.05) is 0 Å². The number of halogens is 1. The lowest BCUT2D eigenvalue weighted by molar-refractivity contribution is -0.240. The zero-order valence-electron chi connectivity index (χ0n) is 21.3. The Morgan fingerprint density at radius 3 is 2.37 bits per heavy atom. The van der Waals surface area contributed by atoms with Gasteiger partial charge in [0.25, 0.3) is 0 Å². The SMILES string of the molecule is C[C@@H]1C(=O)O[C@H]2[C@H](O)[C@]34[C@@H]5OC(=O)[C@]3(O[C@@H]3OC(=O)[C@H](OCc6ccccc6)[C@@]34[C@H](C(C)(C)C)C5F)[C@@]12O. The molecule has 2 saturated carbocycles. The van der Waals surface area contributed by atoms with Crippen molar-refractivity contribution in [2.45, 2.75) is 82.4 Å². The second-order valence-corrected chi connectivity index (χ2v) is 12.5. The highest BCUT2D eigenvalue weighted by Gasteiger charge is 3.05. The van der Waals surface area contributed by atoms with Crippen LogP contribution in [0.4, 0.5) is 4.39 Å². The molecular formula is C27H29FO10. The van der Waals surface area contributed by atoms with E-state index in [1.807, 2.05) is 6.07 Å². The van der Waals surface area contributed by atoms with Crippen molar-refractivity contribution in [3.63, 3.8) is 0 Å². The summed E-state index contributed by atoms with van der Waals surface area (Å²) in [7, 11) is 0. The molecule has 38 heavy (non-hydrogen) atoms. The number of alkyl halides is 1. The zero-order valence-corrected chi connectivity index (χ0v) is 21.3. The standard InChI is InChI=1S/C27H29FO10/c1-11-19(30)35-17-15(29)25-16-13(28)14(23(2,3)4)24(25)18(34-10-12-8-6-5-7-9-12)20(31)37-22(24)38-27(25,21(32)36-16)26(11,17)33/h5-9,11,13-18,22,29,33H,10H2,1-4H3/t11-,13?,14+,15+,16-,17+,18+,22+,24+,25-,26-,27-/m1/s1. The maximum absolute atomic E-state index is 16.8. The van der Waals surface area contributed by atoms with Crippen molar-refractivity contribution in [3.05, 3.63) is 35.9 Å². The van der Waals surface area contributed by atoms with Gasteiger partial charge in [-0.3, -0.25) is 4.79 Å². The van der Waals surface area contributed by atoms with Crippen LogP contribution < -0.4 is 0 Å². The normalized spacial score (nSPS) is 51.8. The van der Waals surface area contributed by atoms with Crippen molar-refractivity contribution in [1.29, 1.82) is 0 Å². The third-order valence-electron chi connectivity index (χ3n) is 10.1. The summed E-state index contributed by atoms with van der Waals surface area (Å²) in [6, 6.07) is 9.00. The molecule has 7 rings (SSSR count). The van der Waals surface area contributed by atoms with Crippen LogP contribution in [0.2, 0.25) is 0 Å². The van der Waals surface area contributed by atoms with Crippen LogP contribution in [0.15, 0.2) is 30.3 Å². The summed E-state index contributed by atoms with van der Waals surface area (Å²) < 4.78 is 46.0. The van der Waals surface area contributed by atoms with Gasteiger partial charge in [-0.2, -0.15) is 0 Å². The summed E-state index contributed by atoms with van der Waals surface area (Å²) in [6.45, 7) is 6.61. The van der Waals surface area contributed by atoms with E-state index in [9.17, 15) is 24.6 Å². The summed E-state index contributed by atoms with van der Waals surface area (Å²) in [4.78, 5) is 39.8. The molecule has 6 aliphatic rings. The number of benzene rings is 1. The van der Waals surface area contributed by atoms with E-state index >= 15 is 4.39 Å². The lowest BCUT2D eigenvalue weighted by atomic mass is 9.51. The highest BCUT2D eigenvalue weighted by atomic mass is 19.1. The van der Waals surface area contributed by atoms with Crippen molar-refractivity contribution >= 4 is 17.9 Å². The molecule has 4 saturated heterocycles. The van der Waals surface area contributed by atoms with Crippen LogP contribution in [-0.4, -0.2) is 76.2 Å². The highest BCUT2D eigenvalue weighted by molar-refractivity contribution is 5.94. The van der Waals surface area contributed by atoms with E-state index in [0.29, 0.717) is 0 Å². The van der Waals surface area contributed by atoms with Crippen molar-refractivity contribution < 1.29 is 52.7 Å². The number of esters is 3. The monoisotopic (exact) mass is 532 g/mol. The van der Waals surface area contributed by atoms with Gasteiger partial charge in [0, 0.05) is 5.92 Å². The molecule has 0 bridgehead atoms. The predicted molar refractivity (Wildman–Crippen MR) is 121 cm³/mol. The van der Waals surface area contributed by atoms with Crippen LogP contribution in [0.1, 0.15) is 33.3 Å². The van der Waals surface area contributed by atoms with E-state index in [4.69, 9.17) is 23.7 Å². The van der Waals surface area contributed by atoms with Crippen molar-refractivity contribution in [3.8, 4) is 0 Å². The van der Waals surface area contributed by atoms with Gasteiger partial charge in [0.1, 0.15) is 18.4 Å². The van der Waals surface area contributed by atoms with E-state index < -0.39 is 94.1 Å². The first-order chi connectivity index (χ1) is 17.8. The quantitative estimate of drug-likeness (QED) is 0.425. The molecule has 0 aromatic heterocycles. The number of rotatable bonds is 3. The van der Waals surface area contributed by atoms with Gasteiger partial charge >= 0.3 is 17.9 Å². The van der Waals surface area contributed by atoms with Gasteiger partial charge in [-0.05, 0) is 17.9 Å². The topological polar surface area (TPSA) is 138 Å². The number of aliphatic hydroxyl groups excluding tert-OH is 1. The van der Waals surface area contributed by atoms with Crippen LogP contribution in [0.5, 0.6) is 0 Å². The zero-order chi connectivity index (χ0) is 27.2. The average molecular weight is 533 g/mol. The lowest BCUT2D eigenvalue weighted by Crippen LogP contribution is -2.67. The summed E-state index contributed by atoms with van der Waals surface area (Å²) in [5.74, 6) is -5.22. The Morgan fingerprint density at radius 1 is 1.03 bits per heavy atom. The average Bonchev–Trinajstić information content (AvgIpc) is 3.55. The first-order valence-corrected chi connectivity index (χ1v) is 12.8. The number of hydrogen-bond donors (Lipinski definition) is 2. The van der Waals surface area contributed by atoms with Crippen LogP contribution in [0, 0.1) is 28.1 Å². The summed E-state index contributed by atoms with van der Waals surface area (Å²) in [5, 5.41) is 24.2. The number of ether oxygens (including phenoxy) is 5. The molecule has 10 nitrogen and oxygen atoms in total. The number of fused-ring (bicyclic) bond motifs is 1. The van der Waals surface area contributed by atoms with Gasteiger partial charge in [0.2, 0.25) is 11.9 Å². The van der Waals surface area contributed by atoms with Crippen LogP contribution in [0.3, 0.4) is 0 Å². The minimum absolute atomic E-state index is 0.0549. The van der Waals surface area contributed by atoms with Gasteiger partial charge in [0.05, 0.1) is 23.4 Å². The molecule has 0 amide bonds. The smallest absolute Gasteiger partial charge is 0.343 e. The van der Waals surface area contributed by atoms with E-state index in [1.54, 1.807) is 45.0 Å². The van der Waals surface area contributed by atoms with E-state index in [-0.39, 0.29) is 6.61 Å². The maximum atomic E-state index is 16.8. The Morgan fingerprint density at radius 2 is 1.71 bits per heavy atom. The molecule has 12 atom stereocenters. The molecule has 11 heteroatoms.